The zero-order valence-electron chi connectivity index (χ0n) is 14.9. The van der Waals surface area contributed by atoms with Crippen LogP contribution in [0.5, 0.6) is 0 Å². The number of fused-ring (bicyclic) bond motifs is 2. The van der Waals surface area contributed by atoms with Crippen molar-refractivity contribution in [3.8, 4) is 11.1 Å². The highest BCUT2D eigenvalue weighted by atomic mass is 19.1. The van der Waals surface area contributed by atoms with Gasteiger partial charge in [0.05, 0.1) is 6.10 Å². The van der Waals surface area contributed by atoms with Crippen LogP contribution in [0.4, 0.5) is 10.1 Å². The lowest BCUT2D eigenvalue weighted by Gasteiger charge is -2.37. The molecule has 2 aromatic rings. The summed E-state index contributed by atoms with van der Waals surface area (Å²) < 4.78 is 19.6. The van der Waals surface area contributed by atoms with E-state index in [2.05, 4.69) is 17.3 Å². The average molecular weight is 356 g/mol. The zero-order chi connectivity index (χ0) is 18.1. The van der Waals surface area contributed by atoms with Gasteiger partial charge in [-0.15, -0.1) is 0 Å². The maximum absolute atomic E-state index is 13.7. The molecule has 4 nitrogen and oxygen atoms in total. The minimum atomic E-state index is -1.12. The van der Waals surface area contributed by atoms with Gasteiger partial charge in [0.25, 0.3) is 0 Å². The van der Waals surface area contributed by atoms with E-state index in [0.29, 0.717) is 23.3 Å². The lowest BCUT2D eigenvalue weighted by atomic mass is 10.0. The van der Waals surface area contributed by atoms with Crippen molar-refractivity contribution in [2.75, 3.05) is 12.4 Å². The highest BCUT2D eigenvalue weighted by Gasteiger charge is 2.39. The molecule has 4 rings (SSSR count). The van der Waals surface area contributed by atoms with Crippen LogP contribution in [0.2, 0.25) is 0 Å². The second kappa shape index (κ2) is 7.35. The average Bonchev–Trinajstić information content (AvgIpc) is 2.85. The molecule has 26 heavy (non-hydrogen) atoms. The lowest BCUT2D eigenvalue weighted by molar-refractivity contribution is -0.137. The number of hydrogen-bond donors (Lipinski definition) is 2. The van der Waals surface area contributed by atoms with Gasteiger partial charge in [0, 0.05) is 23.3 Å². The van der Waals surface area contributed by atoms with Crippen LogP contribution in [0.1, 0.15) is 25.7 Å². The standard InChI is InChI=1S/C21H25FN2O2/c1-24-16-8-9-17(24)13-18(12-16)26-21(25)23-20-10-7-15(22)11-19(20)14-5-3-2-4-6-14/h2-7,10-11,16-18,21,23,25H,8-9,12-13H2,1H3/t16-,17+,18?,21?. The van der Waals surface area contributed by atoms with E-state index < -0.39 is 6.41 Å². The molecule has 0 spiro atoms. The Morgan fingerprint density at radius 3 is 2.50 bits per heavy atom. The van der Waals surface area contributed by atoms with E-state index in [1.54, 1.807) is 6.07 Å². The summed E-state index contributed by atoms with van der Waals surface area (Å²) >= 11 is 0. The third-order valence-corrected chi connectivity index (χ3v) is 5.72. The summed E-state index contributed by atoms with van der Waals surface area (Å²) in [5.74, 6) is -0.309. The van der Waals surface area contributed by atoms with Crippen LogP contribution in [-0.4, -0.2) is 41.7 Å². The predicted octanol–water partition coefficient (Wildman–Crippen LogP) is 3.82. The van der Waals surface area contributed by atoms with Crippen molar-refractivity contribution in [2.24, 2.45) is 0 Å². The number of rotatable bonds is 5. The van der Waals surface area contributed by atoms with E-state index in [-0.39, 0.29) is 11.9 Å². The number of benzene rings is 2. The van der Waals surface area contributed by atoms with Crippen LogP contribution in [0.25, 0.3) is 11.1 Å². The highest BCUT2D eigenvalue weighted by molar-refractivity contribution is 5.77. The Balaban J connectivity index is 1.46. The molecule has 2 aliphatic rings. The molecule has 138 valence electrons. The molecule has 4 atom stereocenters. The molecule has 2 bridgehead atoms. The molecular formula is C21H25FN2O2. The summed E-state index contributed by atoms with van der Waals surface area (Å²) in [6.45, 7) is 0. The minimum absolute atomic E-state index is 0.0480. The van der Waals surface area contributed by atoms with Crippen molar-refractivity contribution >= 4 is 5.69 Å². The fourth-order valence-electron chi connectivity index (χ4n) is 4.32. The Kier molecular flexibility index (Phi) is 4.94. The predicted molar refractivity (Wildman–Crippen MR) is 100 cm³/mol. The number of nitrogens with zero attached hydrogens (tertiary/aromatic N) is 1. The highest BCUT2D eigenvalue weighted by Crippen LogP contribution is 2.36. The van der Waals surface area contributed by atoms with Gasteiger partial charge in [0.15, 0.2) is 0 Å². The number of hydrogen-bond acceptors (Lipinski definition) is 4. The topological polar surface area (TPSA) is 44.7 Å². The third kappa shape index (κ3) is 3.61. The van der Waals surface area contributed by atoms with Gasteiger partial charge in [-0.25, -0.2) is 4.39 Å². The number of ether oxygens (including phenoxy) is 1. The smallest absolute Gasteiger partial charge is 0.235 e. The van der Waals surface area contributed by atoms with E-state index in [1.807, 2.05) is 30.3 Å². The summed E-state index contributed by atoms with van der Waals surface area (Å²) in [6.07, 6.45) is 3.24. The Bertz CT molecular complexity index is 741. The number of piperidine rings is 1. The van der Waals surface area contributed by atoms with Crippen molar-refractivity contribution in [1.29, 1.82) is 0 Å². The largest absolute Gasteiger partial charge is 0.351 e. The molecule has 0 radical (unpaired) electrons. The Morgan fingerprint density at radius 2 is 1.81 bits per heavy atom. The first-order valence-electron chi connectivity index (χ1n) is 9.27. The fourth-order valence-corrected chi connectivity index (χ4v) is 4.32. The molecule has 0 saturated carbocycles. The van der Waals surface area contributed by atoms with Crippen LogP contribution in [-0.2, 0) is 4.74 Å². The summed E-state index contributed by atoms with van der Waals surface area (Å²) in [5, 5.41) is 13.4. The van der Waals surface area contributed by atoms with Crippen molar-refractivity contribution in [2.45, 2.75) is 50.3 Å². The second-order valence-corrected chi connectivity index (χ2v) is 7.33. The molecule has 2 heterocycles. The lowest BCUT2D eigenvalue weighted by Crippen LogP contribution is -2.44. The molecule has 0 aromatic heterocycles. The van der Waals surface area contributed by atoms with E-state index in [1.165, 1.54) is 25.0 Å². The van der Waals surface area contributed by atoms with Gasteiger partial charge in [-0.05, 0) is 56.5 Å². The fraction of sp³-hybridized carbons (Fsp3) is 0.429. The quantitative estimate of drug-likeness (QED) is 0.800. The Hall–Kier alpha value is -1.95. The number of halogens is 1. The molecule has 0 aliphatic carbocycles. The normalized spacial score (nSPS) is 26.7. The van der Waals surface area contributed by atoms with E-state index in [0.717, 1.165) is 18.4 Å². The van der Waals surface area contributed by atoms with Gasteiger partial charge in [0.1, 0.15) is 5.82 Å². The monoisotopic (exact) mass is 356 g/mol. The first-order chi connectivity index (χ1) is 12.6. The first-order valence-corrected chi connectivity index (χ1v) is 9.27. The molecule has 5 heteroatoms. The second-order valence-electron chi connectivity index (χ2n) is 7.33. The summed E-state index contributed by atoms with van der Waals surface area (Å²) in [5.41, 5.74) is 2.25. The van der Waals surface area contributed by atoms with Crippen LogP contribution in [0.15, 0.2) is 48.5 Å². The Morgan fingerprint density at radius 1 is 1.12 bits per heavy atom. The van der Waals surface area contributed by atoms with Crippen LogP contribution >= 0.6 is 0 Å². The van der Waals surface area contributed by atoms with E-state index >= 15 is 0 Å². The zero-order valence-corrected chi connectivity index (χ0v) is 14.9. The SMILES string of the molecule is CN1[C@@H]2CC[C@H]1CC(OC(O)Nc1ccc(F)cc1-c1ccccc1)C2. The van der Waals surface area contributed by atoms with Gasteiger partial charge in [-0.1, -0.05) is 30.3 Å². The number of anilines is 1. The van der Waals surface area contributed by atoms with Gasteiger partial charge >= 0.3 is 0 Å². The van der Waals surface area contributed by atoms with Crippen molar-refractivity contribution in [3.63, 3.8) is 0 Å². The molecule has 2 unspecified atom stereocenters. The maximum Gasteiger partial charge on any atom is 0.235 e. The molecule has 2 aromatic carbocycles. The van der Waals surface area contributed by atoms with Crippen molar-refractivity contribution in [1.82, 2.24) is 4.90 Å². The molecule has 2 saturated heterocycles. The van der Waals surface area contributed by atoms with Crippen LogP contribution < -0.4 is 5.32 Å². The summed E-state index contributed by atoms with van der Waals surface area (Å²) in [7, 11) is 2.18. The number of nitrogens with one attached hydrogen (secondary N) is 1. The molecule has 2 N–H and O–H groups in total. The van der Waals surface area contributed by atoms with Gasteiger partial charge in [0.2, 0.25) is 6.41 Å². The molecular weight excluding hydrogens is 331 g/mol. The molecule has 0 amide bonds. The van der Waals surface area contributed by atoms with E-state index in [9.17, 15) is 9.50 Å². The molecule has 2 aliphatic heterocycles. The van der Waals surface area contributed by atoms with Crippen molar-refractivity contribution in [3.05, 3.63) is 54.3 Å². The van der Waals surface area contributed by atoms with Crippen molar-refractivity contribution < 1.29 is 14.2 Å². The third-order valence-electron chi connectivity index (χ3n) is 5.72. The van der Waals surface area contributed by atoms with Gasteiger partial charge in [-0.2, -0.15) is 0 Å². The Labute approximate surface area is 153 Å². The van der Waals surface area contributed by atoms with Crippen LogP contribution in [0.3, 0.4) is 0 Å². The van der Waals surface area contributed by atoms with E-state index in [4.69, 9.17) is 4.74 Å². The van der Waals surface area contributed by atoms with Gasteiger partial charge in [-0.3, -0.25) is 0 Å². The van der Waals surface area contributed by atoms with Gasteiger partial charge < -0.3 is 20.1 Å². The van der Waals surface area contributed by atoms with Crippen LogP contribution in [0, 0.1) is 5.82 Å². The first kappa shape index (κ1) is 17.5. The number of aliphatic hydroxyl groups is 1. The summed E-state index contributed by atoms with van der Waals surface area (Å²) in [6, 6.07) is 15.2. The molecule has 2 fully saturated rings. The number of aliphatic hydroxyl groups excluding tert-OH is 1. The summed E-state index contributed by atoms with van der Waals surface area (Å²) in [4.78, 5) is 2.44. The maximum atomic E-state index is 13.7. The minimum Gasteiger partial charge on any atom is -0.351 e.